The second-order valence-electron chi connectivity index (χ2n) is 7.06. The molecule has 0 bridgehead atoms. The second-order valence-corrected chi connectivity index (χ2v) is 7.47. The van der Waals surface area contributed by atoms with Crippen LogP contribution in [0.3, 0.4) is 0 Å². The van der Waals surface area contributed by atoms with Crippen LogP contribution in [0.15, 0.2) is 64.1 Å². The lowest BCUT2D eigenvalue weighted by molar-refractivity contribution is -0.384. The summed E-state index contributed by atoms with van der Waals surface area (Å²) < 4.78 is 5.65. The lowest BCUT2D eigenvalue weighted by Crippen LogP contribution is -2.19. The molecule has 9 heteroatoms. The minimum Gasteiger partial charge on any atom is -0.455 e. The summed E-state index contributed by atoms with van der Waals surface area (Å²) in [5.41, 5.74) is 4.52. The molecule has 1 N–H and O–H groups in total. The van der Waals surface area contributed by atoms with Gasteiger partial charge in [0, 0.05) is 42.0 Å². The van der Waals surface area contributed by atoms with E-state index in [1.54, 1.807) is 24.3 Å². The molecule has 8 nitrogen and oxygen atoms in total. The molecule has 158 valence electrons. The number of hydrogen-bond acceptors (Lipinski definition) is 6. The van der Waals surface area contributed by atoms with Crippen molar-refractivity contribution in [2.24, 2.45) is 5.10 Å². The lowest BCUT2D eigenvalue weighted by atomic mass is 10.1. The van der Waals surface area contributed by atoms with Crippen molar-refractivity contribution >= 4 is 35.1 Å². The first-order valence-electron chi connectivity index (χ1n) is 9.74. The first kappa shape index (κ1) is 20.6. The molecular formula is C22H19ClN4O4. The summed E-state index contributed by atoms with van der Waals surface area (Å²) in [4.78, 5) is 24.9. The number of nitro groups is 1. The van der Waals surface area contributed by atoms with Gasteiger partial charge in [0.25, 0.3) is 11.6 Å². The summed E-state index contributed by atoms with van der Waals surface area (Å²) in [6.45, 7) is 2.10. The van der Waals surface area contributed by atoms with Crippen molar-refractivity contribution < 1.29 is 14.1 Å². The van der Waals surface area contributed by atoms with E-state index < -0.39 is 4.92 Å². The minimum atomic E-state index is -0.515. The van der Waals surface area contributed by atoms with Crippen LogP contribution >= 0.6 is 11.6 Å². The summed E-state index contributed by atoms with van der Waals surface area (Å²) >= 11 is 6.13. The highest BCUT2D eigenvalue weighted by molar-refractivity contribution is 6.33. The van der Waals surface area contributed by atoms with Gasteiger partial charge in [-0.25, -0.2) is 5.43 Å². The first-order valence-corrected chi connectivity index (χ1v) is 10.1. The zero-order valence-electron chi connectivity index (χ0n) is 16.5. The third kappa shape index (κ3) is 4.75. The largest absolute Gasteiger partial charge is 0.455 e. The fraction of sp³-hybridized carbons (Fsp3) is 0.182. The maximum absolute atomic E-state index is 12.3. The molecule has 1 aliphatic rings. The molecule has 4 rings (SSSR count). The highest BCUT2D eigenvalue weighted by Crippen LogP contribution is 2.32. The number of non-ortho nitro benzene ring substituents is 1. The predicted molar refractivity (Wildman–Crippen MR) is 119 cm³/mol. The summed E-state index contributed by atoms with van der Waals surface area (Å²) in [5, 5.41) is 15.0. The number of amides is 1. The number of furan rings is 1. The van der Waals surface area contributed by atoms with E-state index in [1.807, 2.05) is 12.1 Å². The van der Waals surface area contributed by atoms with Crippen LogP contribution in [0.2, 0.25) is 5.02 Å². The molecule has 2 heterocycles. The quantitative estimate of drug-likeness (QED) is 0.336. The molecular weight excluding hydrogens is 420 g/mol. The monoisotopic (exact) mass is 438 g/mol. The number of benzene rings is 2. The molecule has 1 aromatic heterocycles. The van der Waals surface area contributed by atoms with E-state index in [1.165, 1.54) is 37.3 Å². The zero-order valence-corrected chi connectivity index (χ0v) is 17.2. The Kier molecular flexibility index (Phi) is 5.99. The van der Waals surface area contributed by atoms with E-state index in [0.29, 0.717) is 22.6 Å². The molecule has 0 radical (unpaired) electrons. The van der Waals surface area contributed by atoms with Gasteiger partial charge >= 0.3 is 0 Å². The smallest absolute Gasteiger partial charge is 0.271 e. The maximum atomic E-state index is 12.3. The van der Waals surface area contributed by atoms with Gasteiger partial charge in [0.1, 0.15) is 11.5 Å². The number of carbonyl (C=O) groups is 1. The predicted octanol–water partition coefficient (Wildman–Crippen LogP) is 4.87. The maximum Gasteiger partial charge on any atom is 0.271 e. The summed E-state index contributed by atoms with van der Waals surface area (Å²) in [7, 11) is 0. The van der Waals surface area contributed by atoms with Crippen molar-refractivity contribution in [2.75, 3.05) is 18.0 Å². The van der Waals surface area contributed by atoms with E-state index in [0.717, 1.165) is 18.8 Å². The molecule has 2 aromatic carbocycles. The third-order valence-electron chi connectivity index (χ3n) is 5.01. The van der Waals surface area contributed by atoms with E-state index in [4.69, 9.17) is 16.0 Å². The van der Waals surface area contributed by atoms with E-state index in [-0.39, 0.29) is 16.6 Å². The standard InChI is InChI=1S/C22H19ClN4O4/c23-20-13-17(27(29)30)7-9-19(20)21-10-8-18(31-21)14-24-25-22(28)15-3-5-16(6-4-15)26-11-1-2-12-26/h3-10,13-14H,1-2,11-12H2,(H,25,28)/b24-14-. The van der Waals surface area contributed by atoms with Crippen molar-refractivity contribution in [1.82, 2.24) is 5.43 Å². The summed E-state index contributed by atoms with van der Waals surface area (Å²) in [6.07, 6.45) is 3.77. The van der Waals surface area contributed by atoms with Gasteiger partial charge in [-0.3, -0.25) is 14.9 Å². The molecule has 1 aliphatic heterocycles. The normalized spacial score (nSPS) is 13.6. The Morgan fingerprint density at radius 1 is 1.13 bits per heavy atom. The molecule has 0 aliphatic carbocycles. The number of nitrogens with zero attached hydrogens (tertiary/aromatic N) is 3. The number of nitro benzene ring substituents is 1. The molecule has 0 spiro atoms. The number of carbonyl (C=O) groups excluding carboxylic acids is 1. The number of anilines is 1. The van der Waals surface area contributed by atoms with E-state index >= 15 is 0 Å². The van der Waals surface area contributed by atoms with Gasteiger partial charge in [0.15, 0.2) is 0 Å². The highest BCUT2D eigenvalue weighted by Gasteiger charge is 2.14. The molecule has 1 amide bonds. The van der Waals surface area contributed by atoms with Gasteiger partial charge in [-0.2, -0.15) is 5.10 Å². The number of rotatable bonds is 6. The first-order chi connectivity index (χ1) is 15.0. The Labute approximate surface area is 183 Å². The van der Waals surface area contributed by atoms with Crippen molar-refractivity contribution in [3.8, 4) is 11.3 Å². The van der Waals surface area contributed by atoms with Crippen molar-refractivity contribution in [3.05, 3.63) is 81.1 Å². The Bertz CT molecular complexity index is 1130. The summed E-state index contributed by atoms with van der Waals surface area (Å²) in [6, 6.07) is 14.9. The van der Waals surface area contributed by atoms with Gasteiger partial charge in [-0.05, 0) is 55.3 Å². The molecule has 1 saturated heterocycles. The molecule has 0 atom stereocenters. The van der Waals surface area contributed by atoms with Crippen LogP contribution in [-0.2, 0) is 0 Å². The lowest BCUT2D eigenvalue weighted by Gasteiger charge is -2.17. The Morgan fingerprint density at radius 3 is 2.55 bits per heavy atom. The van der Waals surface area contributed by atoms with E-state index in [2.05, 4.69) is 15.4 Å². The van der Waals surface area contributed by atoms with Crippen LogP contribution in [0.5, 0.6) is 0 Å². The van der Waals surface area contributed by atoms with Crippen LogP contribution in [0.25, 0.3) is 11.3 Å². The van der Waals surface area contributed by atoms with Crippen LogP contribution in [0, 0.1) is 10.1 Å². The molecule has 1 fully saturated rings. The fourth-order valence-electron chi connectivity index (χ4n) is 3.40. The topological polar surface area (TPSA) is 101 Å². The van der Waals surface area contributed by atoms with Crippen LogP contribution in [0.4, 0.5) is 11.4 Å². The minimum absolute atomic E-state index is 0.0988. The van der Waals surface area contributed by atoms with Crippen LogP contribution < -0.4 is 10.3 Å². The third-order valence-corrected chi connectivity index (χ3v) is 5.33. The molecule has 3 aromatic rings. The molecule has 0 saturated carbocycles. The number of hydrogen-bond donors (Lipinski definition) is 1. The number of halogens is 1. The van der Waals surface area contributed by atoms with Gasteiger partial charge in [-0.1, -0.05) is 11.6 Å². The van der Waals surface area contributed by atoms with Gasteiger partial charge in [0.05, 0.1) is 16.2 Å². The highest BCUT2D eigenvalue weighted by atomic mass is 35.5. The van der Waals surface area contributed by atoms with Gasteiger partial charge in [-0.15, -0.1) is 0 Å². The number of nitrogens with one attached hydrogen (secondary N) is 1. The Hall–Kier alpha value is -3.65. The van der Waals surface area contributed by atoms with E-state index in [9.17, 15) is 14.9 Å². The van der Waals surface area contributed by atoms with Crippen LogP contribution in [-0.4, -0.2) is 30.1 Å². The Morgan fingerprint density at radius 2 is 1.87 bits per heavy atom. The molecule has 31 heavy (non-hydrogen) atoms. The SMILES string of the molecule is O=C(N/N=C\c1ccc(-c2ccc([N+](=O)[O-])cc2Cl)o1)c1ccc(N2CCCC2)cc1. The van der Waals surface area contributed by atoms with Crippen molar-refractivity contribution in [2.45, 2.75) is 12.8 Å². The zero-order chi connectivity index (χ0) is 21.8. The average Bonchev–Trinajstić information content (AvgIpc) is 3.46. The van der Waals surface area contributed by atoms with Gasteiger partial charge in [0.2, 0.25) is 0 Å². The van der Waals surface area contributed by atoms with Crippen molar-refractivity contribution in [1.29, 1.82) is 0 Å². The van der Waals surface area contributed by atoms with Gasteiger partial charge < -0.3 is 9.32 Å². The summed E-state index contributed by atoms with van der Waals surface area (Å²) in [5.74, 6) is 0.508. The second kappa shape index (κ2) is 9.01. The van der Waals surface area contributed by atoms with Crippen LogP contribution in [0.1, 0.15) is 29.0 Å². The Balaban J connectivity index is 1.38. The number of hydrazone groups is 1. The fourth-order valence-corrected chi connectivity index (χ4v) is 3.67. The van der Waals surface area contributed by atoms with Crippen molar-refractivity contribution in [3.63, 3.8) is 0 Å². The average molecular weight is 439 g/mol. The molecule has 0 unspecified atom stereocenters.